The summed E-state index contributed by atoms with van der Waals surface area (Å²) in [6, 6.07) is 8.16. The molecule has 1 aromatic carbocycles. The second-order valence-corrected chi connectivity index (χ2v) is 4.50. The second-order valence-electron chi connectivity index (χ2n) is 4.50. The number of ether oxygens (including phenoxy) is 1. The Morgan fingerprint density at radius 3 is 2.32 bits per heavy atom. The molecule has 0 spiro atoms. The number of hydrogen-bond donors (Lipinski definition) is 2. The number of rotatable bonds is 7. The lowest BCUT2D eigenvalue weighted by Crippen LogP contribution is -2.36. The van der Waals surface area contributed by atoms with E-state index >= 15 is 0 Å². The molecular formula is C15H24N2O2. The minimum atomic E-state index is -0.475. The molecule has 4 nitrogen and oxygen atoms in total. The summed E-state index contributed by atoms with van der Waals surface area (Å²) in [6.07, 6.45) is -0.475. The summed E-state index contributed by atoms with van der Waals surface area (Å²) in [5.41, 5.74) is 1.21. The lowest BCUT2D eigenvalue weighted by Gasteiger charge is -2.16. The van der Waals surface area contributed by atoms with Gasteiger partial charge < -0.3 is 15.4 Å². The van der Waals surface area contributed by atoms with Crippen LogP contribution in [0.15, 0.2) is 24.3 Å². The maximum atomic E-state index is 11.6. The van der Waals surface area contributed by atoms with Crippen LogP contribution in [0.2, 0.25) is 0 Å². The van der Waals surface area contributed by atoms with Gasteiger partial charge in [0.2, 0.25) is 0 Å². The van der Waals surface area contributed by atoms with Gasteiger partial charge in [0.1, 0.15) is 5.75 Å². The van der Waals surface area contributed by atoms with E-state index in [0.717, 1.165) is 6.54 Å². The van der Waals surface area contributed by atoms with E-state index in [4.69, 9.17) is 4.74 Å². The van der Waals surface area contributed by atoms with E-state index in [1.165, 1.54) is 5.56 Å². The van der Waals surface area contributed by atoms with Crippen molar-refractivity contribution in [3.8, 4) is 5.75 Å². The SMILES string of the molecule is CCNC(=O)C(C)Oc1ccc(C(C)NCC)cc1. The third-order valence-corrected chi connectivity index (χ3v) is 2.92. The molecule has 0 aromatic heterocycles. The van der Waals surface area contributed by atoms with Crippen molar-refractivity contribution in [1.29, 1.82) is 0 Å². The molecule has 106 valence electrons. The lowest BCUT2D eigenvalue weighted by molar-refractivity contribution is -0.127. The van der Waals surface area contributed by atoms with E-state index in [2.05, 4.69) is 24.5 Å². The Bertz CT molecular complexity index is 390. The van der Waals surface area contributed by atoms with Crippen LogP contribution in [-0.2, 0) is 4.79 Å². The predicted molar refractivity (Wildman–Crippen MR) is 77.3 cm³/mol. The van der Waals surface area contributed by atoms with Gasteiger partial charge in [-0.15, -0.1) is 0 Å². The largest absolute Gasteiger partial charge is 0.481 e. The summed E-state index contributed by atoms with van der Waals surface area (Å²) < 4.78 is 5.59. The fourth-order valence-electron chi connectivity index (χ4n) is 1.83. The Morgan fingerprint density at radius 2 is 1.79 bits per heavy atom. The van der Waals surface area contributed by atoms with E-state index < -0.39 is 6.10 Å². The number of likely N-dealkylation sites (N-methyl/N-ethyl adjacent to an activating group) is 1. The van der Waals surface area contributed by atoms with Crippen LogP contribution >= 0.6 is 0 Å². The summed E-state index contributed by atoms with van der Waals surface area (Å²) in [5.74, 6) is 0.624. The molecule has 2 atom stereocenters. The van der Waals surface area contributed by atoms with Gasteiger partial charge in [0.05, 0.1) is 0 Å². The highest BCUT2D eigenvalue weighted by molar-refractivity contribution is 5.80. The fourth-order valence-corrected chi connectivity index (χ4v) is 1.83. The number of benzene rings is 1. The first-order valence-electron chi connectivity index (χ1n) is 6.86. The van der Waals surface area contributed by atoms with Crippen LogP contribution in [0, 0.1) is 0 Å². The van der Waals surface area contributed by atoms with Crippen molar-refractivity contribution in [3.63, 3.8) is 0 Å². The van der Waals surface area contributed by atoms with Crippen LogP contribution in [0.4, 0.5) is 0 Å². The molecule has 0 aliphatic heterocycles. The maximum absolute atomic E-state index is 11.6. The standard InChI is InChI=1S/C15H24N2O2/c1-5-16-11(3)13-7-9-14(10-8-13)19-12(4)15(18)17-6-2/h7-12,16H,5-6H2,1-4H3,(H,17,18). The van der Waals surface area contributed by atoms with Gasteiger partial charge in [0, 0.05) is 12.6 Å². The molecule has 0 heterocycles. The molecular weight excluding hydrogens is 240 g/mol. The first-order chi connectivity index (χ1) is 9.08. The Kier molecular flexibility index (Phi) is 6.36. The van der Waals surface area contributed by atoms with Crippen LogP contribution < -0.4 is 15.4 Å². The molecule has 0 aliphatic rings. The highest BCUT2D eigenvalue weighted by Gasteiger charge is 2.13. The number of amides is 1. The fraction of sp³-hybridized carbons (Fsp3) is 0.533. The van der Waals surface area contributed by atoms with Gasteiger partial charge in [0.25, 0.3) is 5.91 Å². The summed E-state index contributed by atoms with van der Waals surface area (Å²) >= 11 is 0. The highest BCUT2D eigenvalue weighted by atomic mass is 16.5. The molecule has 4 heteroatoms. The van der Waals surface area contributed by atoms with Gasteiger partial charge in [-0.25, -0.2) is 0 Å². The van der Waals surface area contributed by atoms with Crippen molar-refractivity contribution in [2.75, 3.05) is 13.1 Å². The molecule has 19 heavy (non-hydrogen) atoms. The van der Waals surface area contributed by atoms with Gasteiger partial charge in [-0.3, -0.25) is 4.79 Å². The molecule has 0 radical (unpaired) electrons. The number of carbonyl (C=O) groups excluding carboxylic acids is 1. The first kappa shape index (κ1) is 15.5. The molecule has 0 aliphatic carbocycles. The molecule has 0 bridgehead atoms. The molecule has 1 amide bonds. The van der Waals surface area contributed by atoms with Crippen molar-refractivity contribution in [2.24, 2.45) is 0 Å². The average Bonchev–Trinajstić information content (AvgIpc) is 2.40. The quantitative estimate of drug-likeness (QED) is 0.794. The molecule has 2 unspecified atom stereocenters. The van der Waals surface area contributed by atoms with E-state index in [9.17, 15) is 4.79 Å². The Labute approximate surface area is 115 Å². The van der Waals surface area contributed by atoms with Crippen molar-refractivity contribution in [1.82, 2.24) is 10.6 Å². The summed E-state index contributed by atoms with van der Waals surface area (Å²) in [6.45, 7) is 9.40. The average molecular weight is 264 g/mol. The van der Waals surface area contributed by atoms with Gasteiger partial charge in [-0.1, -0.05) is 19.1 Å². The number of carbonyl (C=O) groups is 1. The topological polar surface area (TPSA) is 50.4 Å². The van der Waals surface area contributed by atoms with Crippen molar-refractivity contribution in [2.45, 2.75) is 39.8 Å². The zero-order valence-electron chi connectivity index (χ0n) is 12.2. The van der Waals surface area contributed by atoms with Crippen molar-refractivity contribution in [3.05, 3.63) is 29.8 Å². The van der Waals surface area contributed by atoms with Crippen LogP contribution in [0.5, 0.6) is 5.75 Å². The summed E-state index contributed by atoms with van der Waals surface area (Å²) in [5, 5.41) is 6.09. The van der Waals surface area contributed by atoms with Crippen molar-refractivity contribution < 1.29 is 9.53 Å². The smallest absolute Gasteiger partial charge is 0.260 e. The molecule has 0 fully saturated rings. The molecule has 1 rings (SSSR count). The maximum Gasteiger partial charge on any atom is 0.260 e. The normalized spacial score (nSPS) is 13.7. The third-order valence-electron chi connectivity index (χ3n) is 2.92. The number of nitrogens with one attached hydrogen (secondary N) is 2. The van der Waals surface area contributed by atoms with E-state index in [1.807, 2.05) is 31.2 Å². The lowest BCUT2D eigenvalue weighted by atomic mass is 10.1. The molecule has 1 aromatic rings. The molecule has 2 N–H and O–H groups in total. The predicted octanol–water partition coefficient (Wildman–Crippen LogP) is 2.26. The molecule has 0 saturated carbocycles. The molecule has 0 saturated heterocycles. The zero-order chi connectivity index (χ0) is 14.3. The Hall–Kier alpha value is -1.55. The number of hydrogen-bond acceptors (Lipinski definition) is 3. The van der Waals surface area contributed by atoms with Gasteiger partial charge in [-0.2, -0.15) is 0 Å². The highest BCUT2D eigenvalue weighted by Crippen LogP contribution is 2.18. The third kappa shape index (κ3) is 4.91. The van der Waals surface area contributed by atoms with E-state index in [1.54, 1.807) is 6.92 Å². The second kappa shape index (κ2) is 7.79. The van der Waals surface area contributed by atoms with Crippen LogP contribution in [-0.4, -0.2) is 25.1 Å². The van der Waals surface area contributed by atoms with Crippen LogP contribution in [0.25, 0.3) is 0 Å². The van der Waals surface area contributed by atoms with Gasteiger partial charge >= 0.3 is 0 Å². The monoisotopic (exact) mass is 264 g/mol. The van der Waals surface area contributed by atoms with Crippen LogP contribution in [0.3, 0.4) is 0 Å². The summed E-state index contributed by atoms with van der Waals surface area (Å²) in [7, 11) is 0. The van der Waals surface area contributed by atoms with Crippen LogP contribution in [0.1, 0.15) is 39.3 Å². The summed E-state index contributed by atoms with van der Waals surface area (Å²) in [4.78, 5) is 11.6. The van der Waals surface area contributed by atoms with Crippen molar-refractivity contribution >= 4 is 5.91 Å². The Balaban J connectivity index is 2.59. The zero-order valence-corrected chi connectivity index (χ0v) is 12.2. The first-order valence-corrected chi connectivity index (χ1v) is 6.86. The Morgan fingerprint density at radius 1 is 1.16 bits per heavy atom. The van der Waals surface area contributed by atoms with Gasteiger partial charge in [0.15, 0.2) is 6.10 Å². The minimum Gasteiger partial charge on any atom is -0.481 e. The minimum absolute atomic E-state index is 0.0902. The van der Waals surface area contributed by atoms with Gasteiger partial charge in [-0.05, 0) is 45.0 Å². The van der Waals surface area contributed by atoms with E-state index in [0.29, 0.717) is 18.3 Å². The van der Waals surface area contributed by atoms with E-state index in [-0.39, 0.29) is 5.91 Å².